The molecule has 2 fully saturated rings. The lowest BCUT2D eigenvalue weighted by molar-refractivity contribution is -0.163. The number of hydrogen-bond donors (Lipinski definition) is 1. The van der Waals surface area contributed by atoms with E-state index >= 15 is 0 Å². The van der Waals surface area contributed by atoms with E-state index in [4.69, 9.17) is 9.47 Å². The largest absolute Gasteiger partial charge is 0.497 e. The second-order valence-corrected chi connectivity index (χ2v) is 8.39. The average molecular weight is 439 g/mol. The third-order valence-electron chi connectivity index (χ3n) is 5.27. The predicted molar refractivity (Wildman–Crippen MR) is 117 cm³/mol. The number of nitrogens with zero attached hydrogens (tertiary/aromatic N) is 1. The number of nitrogens with one attached hydrogen (secondary N) is 1. The molecule has 2 saturated heterocycles. The van der Waals surface area contributed by atoms with Crippen LogP contribution in [0.4, 0.5) is 0 Å². The molecule has 2 aromatic carbocycles. The number of amides is 2. The highest BCUT2D eigenvalue weighted by molar-refractivity contribution is 8.00. The topological polar surface area (TPSA) is 84.9 Å². The van der Waals surface area contributed by atoms with E-state index < -0.39 is 18.1 Å². The Hall–Kier alpha value is -3.26. The molecule has 4 rings (SSSR count). The molecule has 8 heteroatoms. The van der Waals surface area contributed by atoms with E-state index in [0.29, 0.717) is 22.6 Å². The summed E-state index contributed by atoms with van der Waals surface area (Å²) in [6, 6.07) is 14.4. The first kappa shape index (κ1) is 21.0. The Morgan fingerprint density at radius 3 is 2.55 bits per heavy atom. The molecule has 3 atom stereocenters. The Bertz CT molecular complexity index is 1010. The van der Waals surface area contributed by atoms with Crippen LogP contribution >= 0.6 is 11.8 Å². The van der Waals surface area contributed by atoms with Gasteiger partial charge in [-0.15, -0.1) is 11.8 Å². The zero-order valence-corrected chi connectivity index (χ0v) is 17.8. The van der Waals surface area contributed by atoms with Crippen molar-refractivity contribution in [1.29, 1.82) is 0 Å². The van der Waals surface area contributed by atoms with Crippen LogP contribution in [0.1, 0.15) is 15.9 Å². The highest BCUT2D eigenvalue weighted by Crippen LogP contribution is 2.40. The molecule has 0 aliphatic carbocycles. The first-order valence-electron chi connectivity index (χ1n) is 9.76. The molecule has 0 spiro atoms. The van der Waals surface area contributed by atoms with Gasteiger partial charge in [0, 0.05) is 11.3 Å². The molecular formula is C23H22N2O5S. The van der Waals surface area contributed by atoms with Crippen molar-refractivity contribution in [2.24, 2.45) is 0 Å². The maximum atomic E-state index is 12.8. The summed E-state index contributed by atoms with van der Waals surface area (Å²) in [6.07, 6.45) is 0. The molecule has 160 valence electrons. The minimum Gasteiger partial charge on any atom is -0.497 e. The normalized spacial score (nSPS) is 22.2. The van der Waals surface area contributed by atoms with Crippen molar-refractivity contribution in [3.63, 3.8) is 0 Å². The monoisotopic (exact) mass is 438 g/mol. The number of β-lactam (4-membered cyclic amide) rings is 1. The molecule has 7 nitrogen and oxygen atoms in total. The molecule has 2 aromatic rings. The molecule has 0 bridgehead atoms. The van der Waals surface area contributed by atoms with Crippen LogP contribution in [0.15, 0.2) is 66.7 Å². The number of hydrogen-bond acceptors (Lipinski definition) is 6. The van der Waals surface area contributed by atoms with Crippen LogP contribution in [0.25, 0.3) is 0 Å². The van der Waals surface area contributed by atoms with Gasteiger partial charge in [-0.2, -0.15) is 0 Å². The van der Waals surface area contributed by atoms with Gasteiger partial charge in [-0.3, -0.25) is 9.59 Å². The lowest BCUT2D eigenvalue weighted by Gasteiger charge is -2.52. The Balaban J connectivity index is 1.39. The highest BCUT2D eigenvalue weighted by Gasteiger charge is 2.56. The molecule has 0 saturated carbocycles. The molecule has 31 heavy (non-hydrogen) atoms. The minimum absolute atomic E-state index is 0.0839. The van der Waals surface area contributed by atoms with Gasteiger partial charge in [0.2, 0.25) is 5.91 Å². The second-order valence-electron chi connectivity index (χ2n) is 7.28. The predicted octanol–water partition coefficient (Wildman–Crippen LogP) is 2.38. The van der Waals surface area contributed by atoms with Crippen LogP contribution in [-0.2, 0) is 20.9 Å². The quantitative estimate of drug-likeness (QED) is 0.424. The molecule has 2 aliphatic rings. The fourth-order valence-electron chi connectivity index (χ4n) is 3.59. The zero-order chi connectivity index (χ0) is 22.0. The third kappa shape index (κ3) is 4.16. The number of methoxy groups -OCH3 is 1. The fourth-order valence-corrected chi connectivity index (χ4v) is 4.89. The molecule has 1 N–H and O–H groups in total. The Labute approximate surface area is 184 Å². The van der Waals surface area contributed by atoms with E-state index in [1.54, 1.807) is 43.5 Å². The van der Waals surface area contributed by atoms with Crippen LogP contribution in [0.2, 0.25) is 0 Å². The molecular weight excluding hydrogens is 416 g/mol. The summed E-state index contributed by atoms with van der Waals surface area (Å²) in [5, 5.41) is 2.45. The molecule has 0 radical (unpaired) electrons. The summed E-state index contributed by atoms with van der Waals surface area (Å²) in [5.41, 5.74) is 1.90. The van der Waals surface area contributed by atoms with E-state index in [-0.39, 0.29) is 23.8 Å². The molecule has 0 aromatic heterocycles. The van der Waals surface area contributed by atoms with Gasteiger partial charge >= 0.3 is 5.97 Å². The zero-order valence-electron chi connectivity index (χ0n) is 16.9. The lowest BCUT2D eigenvalue weighted by Crippen LogP contribution is -2.74. The number of carbonyl (C=O) groups is 3. The van der Waals surface area contributed by atoms with Gasteiger partial charge in [-0.25, -0.2) is 4.79 Å². The van der Waals surface area contributed by atoms with Crippen LogP contribution < -0.4 is 10.1 Å². The van der Waals surface area contributed by atoms with E-state index in [9.17, 15) is 14.4 Å². The van der Waals surface area contributed by atoms with Crippen LogP contribution in [0, 0.1) is 0 Å². The number of thioether (sulfide) groups is 1. The van der Waals surface area contributed by atoms with Gasteiger partial charge in [0.15, 0.2) is 6.04 Å². The fraction of sp³-hybridized carbons (Fsp3) is 0.261. The maximum absolute atomic E-state index is 12.8. The number of esters is 1. The van der Waals surface area contributed by atoms with Crippen LogP contribution in [-0.4, -0.2) is 53.0 Å². The maximum Gasteiger partial charge on any atom is 0.333 e. The van der Waals surface area contributed by atoms with Gasteiger partial charge in [-0.1, -0.05) is 36.9 Å². The number of benzene rings is 2. The summed E-state index contributed by atoms with van der Waals surface area (Å²) in [7, 11) is 1.58. The first-order valence-corrected chi connectivity index (χ1v) is 10.8. The van der Waals surface area contributed by atoms with Gasteiger partial charge < -0.3 is 19.7 Å². The average Bonchev–Trinajstić information content (AvgIpc) is 2.81. The summed E-state index contributed by atoms with van der Waals surface area (Å²) in [6.45, 7) is 4.05. The van der Waals surface area contributed by atoms with Crippen LogP contribution in [0.5, 0.6) is 5.75 Å². The first-order chi connectivity index (χ1) is 15.0. The second kappa shape index (κ2) is 8.85. The number of fused-ring (bicyclic) bond motifs is 1. The van der Waals surface area contributed by atoms with Crippen molar-refractivity contribution >= 4 is 29.5 Å². The molecule has 2 heterocycles. The summed E-state index contributed by atoms with van der Waals surface area (Å²) < 4.78 is 10.6. The Kier molecular flexibility index (Phi) is 5.99. The van der Waals surface area contributed by atoms with Crippen molar-refractivity contribution < 1.29 is 23.9 Å². The minimum atomic E-state index is -0.845. The molecule has 2 aliphatic heterocycles. The van der Waals surface area contributed by atoms with Gasteiger partial charge in [0.1, 0.15) is 23.8 Å². The van der Waals surface area contributed by atoms with Crippen molar-refractivity contribution in [2.75, 3.05) is 12.9 Å². The number of ether oxygens (including phenoxy) is 2. The summed E-state index contributed by atoms with van der Waals surface area (Å²) in [4.78, 5) is 39.5. The molecule has 2 amide bonds. The van der Waals surface area contributed by atoms with E-state index in [1.807, 2.05) is 18.2 Å². The van der Waals surface area contributed by atoms with Crippen molar-refractivity contribution in [1.82, 2.24) is 10.2 Å². The van der Waals surface area contributed by atoms with Crippen molar-refractivity contribution in [2.45, 2.75) is 24.1 Å². The summed E-state index contributed by atoms with van der Waals surface area (Å²) >= 11 is 1.48. The van der Waals surface area contributed by atoms with Crippen molar-refractivity contribution in [3.8, 4) is 5.75 Å². The van der Waals surface area contributed by atoms with Crippen molar-refractivity contribution in [3.05, 3.63) is 77.9 Å². The number of carbonyl (C=O) groups excluding carboxylic acids is 3. The van der Waals surface area contributed by atoms with Gasteiger partial charge in [-0.05, 0) is 35.4 Å². The molecule has 3 unspecified atom stereocenters. The van der Waals surface area contributed by atoms with Crippen LogP contribution in [0.3, 0.4) is 0 Å². The SMILES string of the molecule is C=C1CSC2C(NC(=O)c3ccccc3)C(=O)N2C1C(=O)OCc1ccc(OC)cc1. The Morgan fingerprint density at radius 1 is 1.16 bits per heavy atom. The smallest absolute Gasteiger partial charge is 0.333 e. The van der Waals surface area contributed by atoms with Gasteiger partial charge in [0.25, 0.3) is 5.91 Å². The van der Waals surface area contributed by atoms with Gasteiger partial charge in [0.05, 0.1) is 7.11 Å². The highest BCUT2D eigenvalue weighted by atomic mass is 32.2. The standard InChI is InChI=1S/C23H22N2O5S/c1-14-13-31-22-18(24-20(26)16-6-4-3-5-7-16)21(27)25(22)19(14)23(28)30-12-15-8-10-17(29-2)11-9-15/h3-11,18-19,22H,1,12-13H2,2H3,(H,24,26). The number of rotatable bonds is 6. The van der Waals surface area contributed by atoms with E-state index in [2.05, 4.69) is 11.9 Å². The third-order valence-corrected chi connectivity index (χ3v) is 6.65. The summed E-state index contributed by atoms with van der Waals surface area (Å²) in [5.74, 6) is 0.0722. The lowest BCUT2D eigenvalue weighted by atomic mass is 9.98. The van der Waals surface area contributed by atoms with E-state index in [1.165, 1.54) is 16.7 Å². The van der Waals surface area contributed by atoms with E-state index in [0.717, 1.165) is 5.56 Å². The Morgan fingerprint density at radius 2 is 1.87 bits per heavy atom.